The molecule has 11 heavy (non-hydrogen) atoms. The van der Waals surface area contributed by atoms with Crippen molar-refractivity contribution in [2.45, 2.75) is 26.2 Å². The van der Waals surface area contributed by atoms with Gasteiger partial charge in [0.25, 0.3) is 0 Å². The van der Waals surface area contributed by atoms with E-state index in [0.717, 1.165) is 25.4 Å². The molecule has 0 radical (unpaired) electrons. The third kappa shape index (κ3) is 2.20. The average molecular weight is 152 g/mol. The van der Waals surface area contributed by atoms with E-state index in [2.05, 4.69) is 18.3 Å². The quantitative estimate of drug-likeness (QED) is 0.651. The van der Waals surface area contributed by atoms with Crippen LogP contribution in [0.3, 0.4) is 0 Å². The minimum absolute atomic E-state index is 0.659. The molecule has 0 spiro atoms. The zero-order chi connectivity index (χ0) is 8.10. The Morgan fingerprint density at radius 3 is 3.00 bits per heavy atom. The van der Waals surface area contributed by atoms with Crippen LogP contribution in [0.2, 0.25) is 0 Å². The van der Waals surface area contributed by atoms with Crippen molar-refractivity contribution in [3.63, 3.8) is 0 Å². The summed E-state index contributed by atoms with van der Waals surface area (Å²) in [5.41, 5.74) is 0. The maximum absolute atomic E-state index is 8.56. The lowest BCUT2D eigenvalue weighted by molar-refractivity contribution is 0.251. The molecule has 0 aliphatic carbocycles. The first-order valence-electron chi connectivity index (χ1n) is 4.46. The number of nitrogens with zero attached hydrogens (tertiary/aromatic N) is 1. The van der Waals surface area contributed by atoms with E-state index in [9.17, 15) is 0 Å². The summed E-state index contributed by atoms with van der Waals surface area (Å²) in [5.74, 6) is 1.40. The van der Waals surface area contributed by atoms with E-state index in [-0.39, 0.29) is 0 Å². The first-order chi connectivity index (χ1) is 5.38. The monoisotopic (exact) mass is 152 g/mol. The van der Waals surface area contributed by atoms with Crippen LogP contribution in [0.15, 0.2) is 0 Å². The molecule has 2 atom stereocenters. The Hall–Kier alpha value is -0.550. The van der Waals surface area contributed by atoms with Gasteiger partial charge in [0.1, 0.15) is 0 Å². The second-order valence-corrected chi connectivity index (χ2v) is 3.28. The van der Waals surface area contributed by atoms with Crippen molar-refractivity contribution in [2.75, 3.05) is 13.1 Å². The summed E-state index contributed by atoms with van der Waals surface area (Å²) in [6, 6.07) is 2.27. The van der Waals surface area contributed by atoms with Gasteiger partial charge in [-0.1, -0.05) is 13.3 Å². The molecule has 0 aromatic carbocycles. The Labute approximate surface area is 68.6 Å². The number of nitrogens with one attached hydrogen (secondary N) is 1. The fraction of sp³-hybridized carbons (Fsp3) is 0.889. The van der Waals surface area contributed by atoms with Crippen LogP contribution in [0.5, 0.6) is 0 Å². The lowest BCUT2D eigenvalue weighted by Crippen LogP contribution is -2.36. The molecule has 62 valence electrons. The van der Waals surface area contributed by atoms with Crippen LogP contribution in [0.4, 0.5) is 0 Å². The van der Waals surface area contributed by atoms with E-state index < -0.39 is 0 Å². The molecule has 0 aromatic rings. The van der Waals surface area contributed by atoms with Crippen molar-refractivity contribution in [3.05, 3.63) is 0 Å². The second kappa shape index (κ2) is 4.35. The predicted molar refractivity (Wildman–Crippen MR) is 45.0 cm³/mol. The molecule has 1 aliphatic heterocycles. The molecule has 2 nitrogen and oxygen atoms in total. The summed E-state index contributed by atoms with van der Waals surface area (Å²) >= 11 is 0. The smallest absolute Gasteiger partial charge is 0.0624 e. The van der Waals surface area contributed by atoms with E-state index >= 15 is 0 Å². The van der Waals surface area contributed by atoms with E-state index in [1.165, 1.54) is 12.8 Å². The molecule has 1 rings (SSSR count). The minimum atomic E-state index is 0.659. The van der Waals surface area contributed by atoms with Gasteiger partial charge in [0.2, 0.25) is 0 Å². The Morgan fingerprint density at radius 2 is 2.36 bits per heavy atom. The predicted octanol–water partition coefficient (Wildman–Crippen LogP) is 1.54. The zero-order valence-corrected chi connectivity index (χ0v) is 7.14. The van der Waals surface area contributed by atoms with E-state index in [4.69, 9.17) is 5.26 Å². The number of rotatable bonds is 2. The van der Waals surface area contributed by atoms with Crippen LogP contribution in [0.25, 0.3) is 0 Å². The number of nitriles is 1. The Bertz CT molecular complexity index is 148. The van der Waals surface area contributed by atoms with Crippen LogP contribution >= 0.6 is 0 Å². The van der Waals surface area contributed by atoms with E-state index in [1.54, 1.807) is 0 Å². The highest BCUT2D eigenvalue weighted by atomic mass is 14.9. The maximum Gasteiger partial charge on any atom is 0.0624 e. The standard InChI is InChI=1S/C9H16N2/c1-2-8-7-11-6-4-9(8)3-5-10/h8-9,11H,2-4,6-7H2,1H3/t8-,9+/m0/s1. The first kappa shape index (κ1) is 8.55. The molecule has 0 amide bonds. The summed E-state index contributed by atoms with van der Waals surface area (Å²) in [6.07, 6.45) is 3.14. The molecular weight excluding hydrogens is 136 g/mol. The van der Waals surface area contributed by atoms with Crippen LogP contribution in [-0.4, -0.2) is 13.1 Å². The first-order valence-corrected chi connectivity index (χ1v) is 4.46. The van der Waals surface area contributed by atoms with Gasteiger partial charge in [-0.05, 0) is 31.3 Å². The molecular formula is C9H16N2. The minimum Gasteiger partial charge on any atom is -0.316 e. The van der Waals surface area contributed by atoms with Crippen molar-refractivity contribution >= 4 is 0 Å². The molecule has 1 heterocycles. The molecule has 0 unspecified atom stereocenters. The number of hydrogen-bond donors (Lipinski definition) is 1. The summed E-state index contributed by atoms with van der Waals surface area (Å²) in [5, 5.41) is 11.9. The van der Waals surface area contributed by atoms with Crippen LogP contribution in [-0.2, 0) is 0 Å². The summed E-state index contributed by atoms with van der Waals surface area (Å²) in [6.45, 7) is 4.42. The average Bonchev–Trinajstić information content (AvgIpc) is 2.06. The number of piperidine rings is 1. The molecule has 1 aliphatic rings. The largest absolute Gasteiger partial charge is 0.316 e. The summed E-state index contributed by atoms with van der Waals surface area (Å²) < 4.78 is 0. The SMILES string of the molecule is CC[C@H]1CNCC[C@H]1CC#N. The topological polar surface area (TPSA) is 35.8 Å². The lowest BCUT2D eigenvalue weighted by atomic mass is 9.83. The van der Waals surface area contributed by atoms with E-state index in [0.29, 0.717) is 5.92 Å². The van der Waals surface area contributed by atoms with Gasteiger partial charge in [-0.2, -0.15) is 5.26 Å². The highest BCUT2D eigenvalue weighted by Crippen LogP contribution is 2.24. The fourth-order valence-electron chi connectivity index (χ4n) is 1.84. The zero-order valence-electron chi connectivity index (χ0n) is 7.14. The third-order valence-corrected chi connectivity index (χ3v) is 2.64. The van der Waals surface area contributed by atoms with Crippen LogP contribution < -0.4 is 5.32 Å². The van der Waals surface area contributed by atoms with Crippen molar-refractivity contribution in [2.24, 2.45) is 11.8 Å². The molecule has 1 fully saturated rings. The van der Waals surface area contributed by atoms with Gasteiger partial charge < -0.3 is 5.32 Å². The highest BCUT2D eigenvalue weighted by molar-refractivity contribution is 4.84. The van der Waals surface area contributed by atoms with Crippen molar-refractivity contribution < 1.29 is 0 Å². The van der Waals surface area contributed by atoms with Gasteiger partial charge in [-0.15, -0.1) is 0 Å². The fourth-order valence-corrected chi connectivity index (χ4v) is 1.84. The second-order valence-electron chi connectivity index (χ2n) is 3.28. The maximum atomic E-state index is 8.56. The normalized spacial score (nSPS) is 31.3. The van der Waals surface area contributed by atoms with Crippen LogP contribution in [0, 0.1) is 23.2 Å². The highest BCUT2D eigenvalue weighted by Gasteiger charge is 2.22. The summed E-state index contributed by atoms with van der Waals surface area (Å²) in [4.78, 5) is 0. The van der Waals surface area contributed by atoms with Gasteiger partial charge in [-0.3, -0.25) is 0 Å². The molecule has 0 saturated carbocycles. The van der Waals surface area contributed by atoms with Gasteiger partial charge >= 0.3 is 0 Å². The molecule has 1 saturated heterocycles. The van der Waals surface area contributed by atoms with Gasteiger partial charge in [0.05, 0.1) is 6.07 Å². The number of hydrogen-bond acceptors (Lipinski definition) is 2. The summed E-state index contributed by atoms with van der Waals surface area (Å²) in [7, 11) is 0. The Kier molecular flexibility index (Phi) is 3.38. The molecule has 0 aromatic heterocycles. The molecule has 0 bridgehead atoms. The van der Waals surface area contributed by atoms with E-state index in [1.807, 2.05) is 0 Å². The van der Waals surface area contributed by atoms with Gasteiger partial charge in [0, 0.05) is 6.42 Å². The third-order valence-electron chi connectivity index (χ3n) is 2.64. The van der Waals surface area contributed by atoms with Crippen molar-refractivity contribution in [3.8, 4) is 6.07 Å². The Balaban J connectivity index is 2.39. The van der Waals surface area contributed by atoms with Crippen LogP contribution in [0.1, 0.15) is 26.2 Å². The molecule has 2 heteroatoms. The molecule has 1 N–H and O–H groups in total. The lowest BCUT2D eigenvalue weighted by Gasteiger charge is -2.29. The van der Waals surface area contributed by atoms with Crippen molar-refractivity contribution in [1.82, 2.24) is 5.32 Å². The van der Waals surface area contributed by atoms with Gasteiger partial charge in [-0.25, -0.2) is 0 Å². The van der Waals surface area contributed by atoms with Gasteiger partial charge in [0.15, 0.2) is 0 Å². The Morgan fingerprint density at radius 1 is 1.55 bits per heavy atom. The van der Waals surface area contributed by atoms with Crippen molar-refractivity contribution in [1.29, 1.82) is 5.26 Å².